The van der Waals surface area contributed by atoms with E-state index in [-0.39, 0.29) is 61.1 Å². The van der Waals surface area contributed by atoms with Gasteiger partial charge in [-0.05, 0) is 11.1 Å². The van der Waals surface area contributed by atoms with Gasteiger partial charge in [0, 0.05) is 34.5 Å². The van der Waals surface area contributed by atoms with E-state index < -0.39 is 23.0 Å². The van der Waals surface area contributed by atoms with Crippen LogP contribution in [0.3, 0.4) is 0 Å². The van der Waals surface area contributed by atoms with Crippen molar-refractivity contribution >= 4 is 12.2 Å². The molecule has 2 amide bonds. The standard InChI is InChI=1S/C28H30N2O6/c1-35-25(33)29-21-17-19(15-9-5-3-6-10-15)27(13-31)22(29)18-20(16-11-7-4-8-12-16)28(21,14-32)23(17)30(24(18)27)26(34)36-2/h3-12,17-24,31-32H,13-14H2,1-2H3/t17?,18?,19-,20+,21-,22+,23-,24+,27?,28?. The highest BCUT2D eigenvalue weighted by atomic mass is 16.5. The summed E-state index contributed by atoms with van der Waals surface area (Å²) in [4.78, 5) is 30.3. The van der Waals surface area contributed by atoms with Crippen molar-refractivity contribution in [1.29, 1.82) is 0 Å². The molecule has 4 aliphatic heterocycles. The molecule has 4 heterocycles. The van der Waals surface area contributed by atoms with Gasteiger partial charge in [0.1, 0.15) is 0 Å². The molecule has 4 saturated heterocycles. The van der Waals surface area contributed by atoms with E-state index in [9.17, 15) is 19.8 Å². The number of carbonyl (C=O) groups is 2. The first kappa shape index (κ1) is 22.1. The van der Waals surface area contributed by atoms with E-state index in [1.807, 2.05) is 46.2 Å². The maximum atomic E-state index is 13.3. The summed E-state index contributed by atoms with van der Waals surface area (Å²) in [6.45, 7) is -0.355. The fraction of sp³-hybridized carbons (Fsp3) is 0.500. The van der Waals surface area contributed by atoms with E-state index in [0.29, 0.717) is 0 Å². The molecular formula is C28H30N2O6. The van der Waals surface area contributed by atoms with Gasteiger partial charge in [0.15, 0.2) is 0 Å². The summed E-state index contributed by atoms with van der Waals surface area (Å²) in [7, 11) is 2.76. The van der Waals surface area contributed by atoms with Crippen LogP contribution >= 0.6 is 0 Å². The van der Waals surface area contributed by atoms with Crippen LogP contribution < -0.4 is 0 Å². The van der Waals surface area contributed by atoms with Crippen molar-refractivity contribution in [3.8, 4) is 0 Å². The van der Waals surface area contributed by atoms with Crippen molar-refractivity contribution in [2.24, 2.45) is 22.7 Å². The summed E-state index contributed by atoms with van der Waals surface area (Å²) in [6, 6.07) is 18.8. The van der Waals surface area contributed by atoms with Gasteiger partial charge < -0.3 is 19.7 Å². The Morgan fingerprint density at radius 3 is 1.31 bits per heavy atom. The maximum absolute atomic E-state index is 13.3. The van der Waals surface area contributed by atoms with E-state index in [0.717, 1.165) is 11.1 Å². The minimum absolute atomic E-state index is 0.0665. The number of rotatable bonds is 4. The van der Waals surface area contributed by atoms with Gasteiger partial charge in [-0.15, -0.1) is 0 Å². The molecule has 6 fully saturated rings. The number of amides is 2. The molecule has 0 spiro atoms. The van der Waals surface area contributed by atoms with Gasteiger partial charge in [0.25, 0.3) is 0 Å². The first-order chi connectivity index (χ1) is 17.5. The first-order valence-corrected chi connectivity index (χ1v) is 12.6. The third-order valence-electron chi connectivity index (χ3n) is 10.4. The lowest BCUT2D eigenvalue weighted by Gasteiger charge is -2.91. The van der Waals surface area contributed by atoms with Crippen LogP contribution in [0.1, 0.15) is 23.0 Å². The summed E-state index contributed by atoms with van der Waals surface area (Å²) >= 11 is 0. The average molecular weight is 491 g/mol. The molecule has 188 valence electrons. The number of aliphatic hydroxyl groups is 2. The third kappa shape index (κ3) is 2.09. The van der Waals surface area contributed by atoms with Gasteiger partial charge in [0.2, 0.25) is 0 Å². The second kappa shape index (κ2) is 7.23. The van der Waals surface area contributed by atoms with Crippen molar-refractivity contribution in [2.45, 2.75) is 36.0 Å². The topological polar surface area (TPSA) is 99.5 Å². The highest BCUT2D eigenvalue weighted by Crippen LogP contribution is 2.84. The normalized spacial score (nSPS) is 42.4. The SMILES string of the molecule is COC(=O)N1[C@H]2C3[C@@H]4N(C(=O)OC)[C@@H]5C([C@@H](c6ccccc6)C24CO)[C@@H]1C5(CO)[C@H]3c1ccccc1. The van der Waals surface area contributed by atoms with Crippen molar-refractivity contribution in [3.05, 3.63) is 71.8 Å². The second-order valence-corrected chi connectivity index (χ2v) is 11.0. The predicted octanol–water partition coefficient (Wildman–Crippen LogP) is 2.42. The fourth-order valence-electron chi connectivity index (χ4n) is 9.82. The third-order valence-corrected chi connectivity index (χ3v) is 10.4. The average Bonchev–Trinajstić information content (AvgIpc) is 2.90. The summed E-state index contributed by atoms with van der Waals surface area (Å²) < 4.78 is 10.6. The Bertz CT molecular complexity index is 1100. The molecule has 0 aromatic heterocycles. The highest BCUT2D eigenvalue weighted by Gasteiger charge is 2.93. The zero-order valence-electron chi connectivity index (χ0n) is 20.2. The lowest BCUT2D eigenvalue weighted by atomic mass is 9.23. The number of benzene rings is 2. The molecule has 6 aliphatic rings. The molecular weight excluding hydrogens is 460 g/mol. The van der Waals surface area contributed by atoms with Gasteiger partial charge in [0.05, 0.1) is 51.6 Å². The number of hydrogen-bond acceptors (Lipinski definition) is 6. The van der Waals surface area contributed by atoms with E-state index in [1.54, 1.807) is 0 Å². The summed E-state index contributed by atoms with van der Waals surface area (Å²) in [5, 5.41) is 22.4. The van der Waals surface area contributed by atoms with Gasteiger partial charge >= 0.3 is 12.2 Å². The fourth-order valence-corrected chi connectivity index (χ4v) is 9.82. The smallest absolute Gasteiger partial charge is 0.410 e. The largest absolute Gasteiger partial charge is 0.453 e. The molecule has 2 aliphatic carbocycles. The molecule has 8 rings (SSSR count). The molecule has 6 atom stereocenters. The monoisotopic (exact) mass is 490 g/mol. The quantitative estimate of drug-likeness (QED) is 0.683. The molecule has 8 heteroatoms. The Balaban J connectivity index is 1.52. The van der Waals surface area contributed by atoms with Gasteiger partial charge in [-0.25, -0.2) is 9.59 Å². The Morgan fingerprint density at radius 1 is 0.694 bits per heavy atom. The molecule has 0 radical (unpaired) electrons. The highest BCUT2D eigenvalue weighted by molar-refractivity contribution is 5.76. The van der Waals surface area contributed by atoms with Crippen LogP contribution in [-0.2, 0) is 9.47 Å². The lowest BCUT2D eigenvalue weighted by Crippen LogP contribution is -3.02. The van der Waals surface area contributed by atoms with Crippen LogP contribution in [0.4, 0.5) is 9.59 Å². The number of aliphatic hydroxyl groups excluding tert-OH is 2. The molecule has 8 nitrogen and oxygen atoms in total. The number of methoxy groups -OCH3 is 2. The number of ether oxygens (including phenoxy) is 2. The zero-order chi connectivity index (χ0) is 25.0. The van der Waals surface area contributed by atoms with E-state index in [2.05, 4.69) is 24.3 Å². The van der Waals surface area contributed by atoms with Gasteiger partial charge in [-0.1, -0.05) is 60.7 Å². The Kier molecular flexibility index (Phi) is 4.44. The van der Waals surface area contributed by atoms with Crippen LogP contribution in [0.5, 0.6) is 0 Å². The summed E-state index contributed by atoms with van der Waals surface area (Å²) in [6.07, 6.45) is -0.866. The van der Waals surface area contributed by atoms with Crippen molar-refractivity contribution in [2.75, 3.05) is 27.4 Å². The van der Waals surface area contributed by atoms with Gasteiger partial charge in [-0.2, -0.15) is 0 Å². The molecule has 2 aromatic carbocycles. The molecule has 8 bridgehead atoms. The summed E-state index contributed by atoms with van der Waals surface area (Å²) in [5.74, 6) is -0.485. The van der Waals surface area contributed by atoms with E-state index in [1.165, 1.54) is 14.2 Å². The van der Waals surface area contributed by atoms with Gasteiger partial charge in [-0.3, -0.25) is 9.80 Å². The second-order valence-electron chi connectivity index (χ2n) is 11.0. The van der Waals surface area contributed by atoms with E-state index >= 15 is 0 Å². The first-order valence-electron chi connectivity index (χ1n) is 12.6. The number of carbonyl (C=O) groups excluding carboxylic acids is 2. The maximum Gasteiger partial charge on any atom is 0.410 e. The van der Waals surface area contributed by atoms with Crippen molar-refractivity contribution in [1.82, 2.24) is 9.80 Å². The van der Waals surface area contributed by atoms with E-state index in [4.69, 9.17) is 9.47 Å². The number of hydrogen-bond donors (Lipinski definition) is 2. The Labute approximate surface area is 209 Å². The number of nitrogens with zero attached hydrogens (tertiary/aromatic N) is 2. The number of piperidine rings is 4. The van der Waals surface area contributed by atoms with Crippen LogP contribution in [0.25, 0.3) is 0 Å². The molecule has 2 aromatic rings. The zero-order valence-corrected chi connectivity index (χ0v) is 20.2. The molecule has 36 heavy (non-hydrogen) atoms. The van der Waals surface area contributed by atoms with Crippen LogP contribution in [0.2, 0.25) is 0 Å². The van der Waals surface area contributed by atoms with Crippen LogP contribution in [0.15, 0.2) is 60.7 Å². The molecule has 2 saturated carbocycles. The minimum Gasteiger partial charge on any atom is -0.453 e. The van der Waals surface area contributed by atoms with Crippen molar-refractivity contribution < 1.29 is 29.3 Å². The van der Waals surface area contributed by atoms with Crippen LogP contribution in [0, 0.1) is 22.7 Å². The van der Waals surface area contributed by atoms with Crippen molar-refractivity contribution in [3.63, 3.8) is 0 Å². The molecule has 0 unspecified atom stereocenters. The summed E-state index contributed by atoms with van der Waals surface area (Å²) in [5.41, 5.74) is 0.667. The van der Waals surface area contributed by atoms with Crippen LogP contribution in [-0.4, -0.2) is 83.8 Å². The molecule has 2 N–H and O–H groups in total. The minimum atomic E-state index is -0.763. The predicted molar refractivity (Wildman–Crippen MR) is 128 cm³/mol. The Hall–Kier alpha value is -3.10. The Morgan fingerprint density at radius 2 is 1.03 bits per heavy atom. The lowest BCUT2D eigenvalue weighted by molar-refractivity contribution is -0.406.